The Morgan fingerprint density at radius 1 is 1.17 bits per heavy atom. The predicted octanol–water partition coefficient (Wildman–Crippen LogP) is 2.48. The normalized spacial score (nSPS) is 21.3. The van der Waals surface area contributed by atoms with Crippen LogP contribution in [0.4, 0.5) is 4.39 Å². The largest absolute Gasteiger partial charge is 0.505 e. The molecule has 0 bridgehead atoms. The lowest BCUT2D eigenvalue weighted by molar-refractivity contribution is 0.00578. The van der Waals surface area contributed by atoms with Crippen molar-refractivity contribution >= 4 is 24.2 Å². The number of hydrogen-bond donors (Lipinski definition) is 1. The first-order valence-corrected chi connectivity index (χ1v) is 6.05. The summed E-state index contributed by atoms with van der Waals surface area (Å²) in [6.45, 7) is 7.66. The van der Waals surface area contributed by atoms with Gasteiger partial charge in [0, 0.05) is 0 Å². The molecule has 98 valence electrons. The average Bonchev–Trinajstić information content (AvgIpc) is 2.44. The van der Waals surface area contributed by atoms with Gasteiger partial charge in [0.25, 0.3) is 0 Å². The van der Waals surface area contributed by atoms with Gasteiger partial charge in [-0.05, 0) is 45.3 Å². The third-order valence-corrected chi connectivity index (χ3v) is 3.83. The Hall–Kier alpha value is -0.775. The first-order valence-electron chi connectivity index (χ1n) is 5.67. The molecule has 18 heavy (non-hydrogen) atoms. The maximum absolute atomic E-state index is 13.2. The first-order chi connectivity index (χ1) is 8.14. The van der Waals surface area contributed by atoms with E-state index in [1.807, 2.05) is 27.7 Å². The van der Waals surface area contributed by atoms with Crippen LogP contribution in [-0.2, 0) is 9.31 Å². The van der Waals surface area contributed by atoms with E-state index in [9.17, 15) is 9.50 Å². The second-order valence-electron chi connectivity index (χ2n) is 5.42. The summed E-state index contributed by atoms with van der Waals surface area (Å²) in [6, 6.07) is 2.67. The van der Waals surface area contributed by atoms with Crippen LogP contribution in [-0.4, -0.2) is 23.4 Å². The molecule has 0 aliphatic carbocycles. The Labute approximate surface area is 111 Å². The molecule has 1 fully saturated rings. The number of aromatic hydroxyl groups is 1. The maximum Gasteiger partial charge on any atom is 0.495 e. The molecule has 1 saturated heterocycles. The van der Waals surface area contributed by atoms with Crippen LogP contribution < -0.4 is 5.46 Å². The third-order valence-electron chi connectivity index (χ3n) is 3.56. The lowest BCUT2D eigenvalue weighted by atomic mass is 9.79. The molecule has 1 aliphatic rings. The highest BCUT2D eigenvalue weighted by molar-refractivity contribution is 6.62. The fourth-order valence-corrected chi connectivity index (χ4v) is 1.93. The van der Waals surface area contributed by atoms with Crippen molar-refractivity contribution in [1.82, 2.24) is 0 Å². The highest BCUT2D eigenvalue weighted by Gasteiger charge is 2.51. The summed E-state index contributed by atoms with van der Waals surface area (Å²) in [5, 5.41) is 9.28. The molecule has 1 heterocycles. The van der Waals surface area contributed by atoms with Gasteiger partial charge in [0.2, 0.25) is 0 Å². The predicted molar refractivity (Wildman–Crippen MR) is 68.8 cm³/mol. The van der Waals surface area contributed by atoms with Crippen LogP contribution in [0.1, 0.15) is 27.7 Å². The molecule has 0 amide bonds. The van der Waals surface area contributed by atoms with Crippen LogP contribution in [0.2, 0.25) is 5.02 Å². The van der Waals surface area contributed by atoms with E-state index in [1.54, 1.807) is 0 Å². The molecule has 0 radical (unpaired) electrons. The molecule has 3 nitrogen and oxygen atoms in total. The number of phenols is 1. The lowest BCUT2D eigenvalue weighted by Crippen LogP contribution is -2.41. The van der Waals surface area contributed by atoms with Crippen LogP contribution in [0.3, 0.4) is 0 Å². The van der Waals surface area contributed by atoms with Crippen LogP contribution in [0, 0.1) is 5.82 Å². The quantitative estimate of drug-likeness (QED) is 0.798. The molecule has 0 aromatic heterocycles. The highest BCUT2D eigenvalue weighted by atomic mass is 35.5. The standard InChI is InChI=1S/C12H15BClFO3/c1-11(2)12(3,4)18-13(17-11)7-5-8(14)10(15)9(16)6-7/h5-6,16H,1-4H3. The number of phenolic OH excluding ortho intramolecular Hbond substituents is 1. The molecule has 0 spiro atoms. The van der Waals surface area contributed by atoms with Gasteiger partial charge in [0.1, 0.15) is 0 Å². The Morgan fingerprint density at radius 3 is 2.11 bits per heavy atom. The summed E-state index contributed by atoms with van der Waals surface area (Å²) in [5.74, 6) is -1.34. The zero-order chi connectivity index (χ0) is 13.7. The summed E-state index contributed by atoms with van der Waals surface area (Å²) in [7, 11) is -0.668. The fourth-order valence-electron chi connectivity index (χ4n) is 1.71. The van der Waals surface area contributed by atoms with Crippen molar-refractivity contribution in [2.45, 2.75) is 38.9 Å². The van der Waals surface area contributed by atoms with E-state index < -0.39 is 29.9 Å². The molecule has 0 unspecified atom stereocenters. The SMILES string of the molecule is CC1(C)OB(c2cc(O)c(F)c(Cl)c2)OC1(C)C. The second-order valence-corrected chi connectivity index (χ2v) is 5.83. The topological polar surface area (TPSA) is 38.7 Å². The zero-order valence-corrected chi connectivity index (χ0v) is 11.5. The van der Waals surface area contributed by atoms with E-state index in [4.69, 9.17) is 20.9 Å². The number of halogens is 2. The van der Waals surface area contributed by atoms with Crippen molar-refractivity contribution in [2.75, 3.05) is 0 Å². The minimum Gasteiger partial charge on any atom is -0.505 e. The summed E-state index contributed by atoms with van der Waals surface area (Å²) < 4.78 is 24.8. The molecular weight excluding hydrogens is 257 g/mol. The van der Waals surface area contributed by atoms with E-state index in [2.05, 4.69) is 0 Å². The minimum atomic E-state index is -0.836. The van der Waals surface area contributed by atoms with Crippen LogP contribution >= 0.6 is 11.6 Å². The zero-order valence-electron chi connectivity index (χ0n) is 10.8. The molecule has 1 aliphatic heterocycles. The number of rotatable bonds is 1. The average molecular weight is 273 g/mol. The monoisotopic (exact) mass is 272 g/mol. The van der Waals surface area contributed by atoms with E-state index >= 15 is 0 Å². The number of benzene rings is 1. The van der Waals surface area contributed by atoms with Crippen LogP contribution in [0.5, 0.6) is 5.75 Å². The van der Waals surface area contributed by atoms with Crippen molar-refractivity contribution in [3.63, 3.8) is 0 Å². The molecule has 0 saturated carbocycles. The Kier molecular flexibility index (Phi) is 3.12. The maximum atomic E-state index is 13.2. The third kappa shape index (κ3) is 2.11. The van der Waals surface area contributed by atoms with Crippen LogP contribution in [0.15, 0.2) is 12.1 Å². The molecule has 0 atom stereocenters. The first kappa shape index (κ1) is 13.7. The molecule has 1 aromatic carbocycles. The summed E-state index contributed by atoms with van der Waals surface area (Å²) >= 11 is 5.69. The van der Waals surface area contributed by atoms with E-state index in [0.29, 0.717) is 5.46 Å². The molecule has 1 aromatic rings. The Bertz CT molecular complexity index is 451. The van der Waals surface area contributed by atoms with E-state index in [0.717, 1.165) is 0 Å². The Morgan fingerprint density at radius 2 is 1.67 bits per heavy atom. The van der Waals surface area contributed by atoms with Gasteiger partial charge in [0.05, 0.1) is 16.2 Å². The van der Waals surface area contributed by atoms with Gasteiger partial charge in [-0.1, -0.05) is 11.6 Å². The van der Waals surface area contributed by atoms with Crippen molar-refractivity contribution < 1.29 is 18.8 Å². The second kappa shape index (κ2) is 4.12. The van der Waals surface area contributed by atoms with Gasteiger partial charge in [-0.3, -0.25) is 0 Å². The molecule has 6 heteroatoms. The highest BCUT2D eigenvalue weighted by Crippen LogP contribution is 2.37. The van der Waals surface area contributed by atoms with E-state index in [1.165, 1.54) is 12.1 Å². The van der Waals surface area contributed by atoms with Gasteiger partial charge < -0.3 is 14.4 Å². The van der Waals surface area contributed by atoms with Gasteiger partial charge in [-0.15, -0.1) is 0 Å². The van der Waals surface area contributed by atoms with Gasteiger partial charge in [-0.25, -0.2) is 4.39 Å². The van der Waals surface area contributed by atoms with Crippen molar-refractivity contribution in [3.05, 3.63) is 23.0 Å². The van der Waals surface area contributed by atoms with Crippen molar-refractivity contribution in [1.29, 1.82) is 0 Å². The summed E-state index contributed by atoms with van der Waals surface area (Å²) in [6.07, 6.45) is 0. The van der Waals surface area contributed by atoms with Gasteiger partial charge in [0.15, 0.2) is 11.6 Å². The lowest BCUT2D eigenvalue weighted by Gasteiger charge is -2.32. The van der Waals surface area contributed by atoms with E-state index in [-0.39, 0.29) is 5.02 Å². The van der Waals surface area contributed by atoms with Crippen molar-refractivity contribution in [2.24, 2.45) is 0 Å². The number of hydrogen-bond acceptors (Lipinski definition) is 3. The fraction of sp³-hybridized carbons (Fsp3) is 0.500. The minimum absolute atomic E-state index is 0.153. The van der Waals surface area contributed by atoms with Gasteiger partial charge >= 0.3 is 7.12 Å². The van der Waals surface area contributed by atoms with Gasteiger partial charge in [-0.2, -0.15) is 0 Å². The summed E-state index contributed by atoms with van der Waals surface area (Å²) in [5.41, 5.74) is -0.486. The van der Waals surface area contributed by atoms with Crippen molar-refractivity contribution in [3.8, 4) is 5.75 Å². The summed E-state index contributed by atoms with van der Waals surface area (Å²) in [4.78, 5) is 0. The van der Waals surface area contributed by atoms with Crippen LogP contribution in [0.25, 0.3) is 0 Å². The molecular formula is C12H15BClFO3. The Balaban J connectivity index is 2.36. The molecule has 2 rings (SSSR count). The molecule has 1 N–H and O–H groups in total. The smallest absolute Gasteiger partial charge is 0.495 e.